The molecule has 146 valence electrons. The highest BCUT2D eigenvalue weighted by molar-refractivity contribution is 5.61. The van der Waals surface area contributed by atoms with Crippen LogP contribution in [0.2, 0.25) is 0 Å². The van der Waals surface area contributed by atoms with Gasteiger partial charge < -0.3 is 15.4 Å². The van der Waals surface area contributed by atoms with Crippen molar-refractivity contribution in [3.05, 3.63) is 69.2 Å². The number of fused-ring (bicyclic) bond motifs is 1. The van der Waals surface area contributed by atoms with Crippen molar-refractivity contribution < 1.29 is 9.50 Å². The molecule has 1 aliphatic rings. The van der Waals surface area contributed by atoms with E-state index < -0.39 is 5.69 Å². The van der Waals surface area contributed by atoms with E-state index in [1.165, 1.54) is 12.1 Å². The number of rotatable bonds is 4. The Bertz CT molecular complexity index is 1400. The number of aromatic nitrogens is 5. The maximum atomic E-state index is 13.5. The third-order valence-electron chi connectivity index (χ3n) is 4.47. The molecule has 0 unspecified atom stereocenters. The average molecular weight is 393 g/mol. The van der Waals surface area contributed by atoms with Crippen molar-refractivity contribution in [1.29, 1.82) is 0 Å². The molecular formula is C19H16FN7O2. The fourth-order valence-electron chi connectivity index (χ4n) is 2.97. The minimum Gasteiger partial charge on any atom is -0.493 e. The van der Waals surface area contributed by atoms with Crippen LogP contribution in [0.5, 0.6) is 5.88 Å². The van der Waals surface area contributed by atoms with Gasteiger partial charge >= 0.3 is 5.69 Å². The van der Waals surface area contributed by atoms with Gasteiger partial charge in [-0.25, -0.2) is 14.2 Å². The van der Waals surface area contributed by atoms with Crippen LogP contribution in [0.3, 0.4) is 0 Å². The summed E-state index contributed by atoms with van der Waals surface area (Å²) in [5.41, 5.74) is 1.35. The summed E-state index contributed by atoms with van der Waals surface area (Å²) >= 11 is 0. The van der Waals surface area contributed by atoms with Crippen molar-refractivity contribution in [3.63, 3.8) is 0 Å². The molecule has 1 fully saturated rings. The Balaban J connectivity index is 1.68. The van der Waals surface area contributed by atoms with E-state index in [1.54, 1.807) is 35.0 Å². The number of aromatic hydroxyl groups is 1. The van der Waals surface area contributed by atoms with Gasteiger partial charge in [-0.2, -0.15) is 9.61 Å². The second-order valence-electron chi connectivity index (χ2n) is 6.82. The molecule has 3 heterocycles. The van der Waals surface area contributed by atoms with E-state index in [9.17, 15) is 14.3 Å². The summed E-state index contributed by atoms with van der Waals surface area (Å²) in [6.07, 6.45) is 5.19. The Morgan fingerprint density at radius 3 is 2.90 bits per heavy atom. The molecule has 0 aliphatic heterocycles. The van der Waals surface area contributed by atoms with Gasteiger partial charge in [-0.3, -0.25) is 9.98 Å². The molecule has 0 atom stereocenters. The van der Waals surface area contributed by atoms with Gasteiger partial charge in [0.1, 0.15) is 17.3 Å². The van der Waals surface area contributed by atoms with Crippen LogP contribution in [-0.2, 0) is 0 Å². The summed E-state index contributed by atoms with van der Waals surface area (Å²) in [6.45, 7) is 0. The number of H-pyrrole nitrogens is 2. The molecule has 0 amide bonds. The Hall–Kier alpha value is -3.95. The Labute approximate surface area is 162 Å². The summed E-state index contributed by atoms with van der Waals surface area (Å²) in [6, 6.07) is 8.08. The summed E-state index contributed by atoms with van der Waals surface area (Å²) in [5.74, 6) is -0.153. The molecule has 1 aromatic carbocycles. The largest absolute Gasteiger partial charge is 0.493 e. The fourth-order valence-corrected chi connectivity index (χ4v) is 2.97. The molecule has 9 nitrogen and oxygen atoms in total. The standard InChI is InChI=1S/C19H16FN7O2/c20-11-2-1-3-13(7-11)22-15-8-16(23-12-4-5-12)27-17(25-15)10(9-21-27)6-14-18(28)26-19(29)24-14/h1-3,6-9,12,22,28H,4-5H2,(H2,24,26,29)/b10-6-,23-16?. The van der Waals surface area contributed by atoms with Crippen molar-refractivity contribution in [2.45, 2.75) is 18.9 Å². The molecule has 10 heteroatoms. The highest BCUT2D eigenvalue weighted by atomic mass is 19.1. The lowest BCUT2D eigenvalue weighted by molar-refractivity contribution is 0.454. The zero-order valence-corrected chi connectivity index (χ0v) is 15.1. The predicted octanol–water partition coefficient (Wildman–Crippen LogP) is 0.945. The number of anilines is 2. The number of nitrogens with zero attached hydrogens (tertiary/aromatic N) is 4. The van der Waals surface area contributed by atoms with Gasteiger partial charge in [-0.15, -0.1) is 0 Å². The molecule has 4 N–H and O–H groups in total. The molecule has 0 spiro atoms. The van der Waals surface area contributed by atoms with Crippen LogP contribution in [0.1, 0.15) is 18.5 Å². The van der Waals surface area contributed by atoms with E-state index in [0.29, 0.717) is 27.9 Å². The van der Waals surface area contributed by atoms with E-state index >= 15 is 0 Å². The molecule has 0 bridgehead atoms. The zero-order chi connectivity index (χ0) is 20.0. The first-order chi connectivity index (χ1) is 14.0. The second kappa shape index (κ2) is 6.59. The fraction of sp³-hybridized carbons (Fsp3) is 0.158. The molecule has 3 aromatic heterocycles. The highest BCUT2D eigenvalue weighted by Crippen LogP contribution is 2.22. The van der Waals surface area contributed by atoms with Gasteiger partial charge in [0.25, 0.3) is 0 Å². The zero-order valence-electron chi connectivity index (χ0n) is 15.1. The topological polar surface area (TPSA) is 123 Å². The maximum absolute atomic E-state index is 13.5. The van der Waals surface area contributed by atoms with Crippen LogP contribution >= 0.6 is 0 Å². The van der Waals surface area contributed by atoms with Crippen molar-refractivity contribution in [2.24, 2.45) is 4.99 Å². The first kappa shape index (κ1) is 17.2. The van der Waals surface area contributed by atoms with Gasteiger partial charge in [-0.1, -0.05) is 6.07 Å². The lowest BCUT2D eigenvalue weighted by Crippen LogP contribution is -2.19. The van der Waals surface area contributed by atoms with Gasteiger partial charge in [-0.05, 0) is 37.1 Å². The Kier molecular flexibility index (Phi) is 3.90. The predicted molar refractivity (Wildman–Crippen MR) is 103 cm³/mol. The number of imidazole rings is 1. The van der Waals surface area contributed by atoms with Crippen molar-refractivity contribution in [2.75, 3.05) is 5.32 Å². The Morgan fingerprint density at radius 2 is 2.17 bits per heavy atom. The molecule has 0 saturated heterocycles. The Morgan fingerprint density at radius 1 is 1.31 bits per heavy atom. The van der Waals surface area contributed by atoms with Crippen LogP contribution < -0.4 is 21.7 Å². The van der Waals surface area contributed by atoms with E-state index in [2.05, 4.69) is 30.4 Å². The lowest BCUT2D eigenvalue weighted by atomic mass is 10.3. The molecular weight excluding hydrogens is 377 g/mol. The van der Waals surface area contributed by atoms with E-state index in [-0.39, 0.29) is 23.4 Å². The highest BCUT2D eigenvalue weighted by Gasteiger charge is 2.20. The summed E-state index contributed by atoms with van der Waals surface area (Å²) in [4.78, 5) is 25.4. The van der Waals surface area contributed by atoms with Crippen molar-refractivity contribution in [3.8, 4) is 5.88 Å². The van der Waals surface area contributed by atoms with Crippen LogP contribution in [0, 0.1) is 5.82 Å². The SMILES string of the molecule is O=c1[nH]c(O)c(/C=c2/cnn3c(=NC4CC4)cc(Nc4cccc(F)c4)nc23)[nH]1. The summed E-state index contributed by atoms with van der Waals surface area (Å²) in [5, 5.41) is 17.8. The normalized spacial score (nSPS) is 15.3. The quantitative estimate of drug-likeness (QED) is 0.411. The smallest absolute Gasteiger partial charge is 0.326 e. The van der Waals surface area contributed by atoms with Crippen LogP contribution in [0.25, 0.3) is 11.7 Å². The van der Waals surface area contributed by atoms with Crippen molar-refractivity contribution >= 4 is 23.2 Å². The molecule has 5 rings (SSSR count). The number of nitrogens with one attached hydrogen (secondary N) is 3. The lowest BCUT2D eigenvalue weighted by Gasteiger charge is -2.06. The minimum absolute atomic E-state index is 0.218. The molecule has 0 radical (unpaired) electrons. The average Bonchev–Trinajstić information content (AvgIpc) is 3.31. The first-order valence-electron chi connectivity index (χ1n) is 9.03. The number of hydrogen-bond acceptors (Lipinski definition) is 6. The molecule has 29 heavy (non-hydrogen) atoms. The number of benzene rings is 1. The van der Waals surface area contributed by atoms with E-state index in [1.807, 2.05) is 0 Å². The van der Waals surface area contributed by atoms with Crippen LogP contribution in [-0.4, -0.2) is 35.7 Å². The number of halogens is 1. The van der Waals surface area contributed by atoms with Crippen molar-refractivity contribution in [1.82, 2.24) is 24.6 Å². The molecule has 4 aromatic rings. The van der Waals surface area contributed by atoms with Gasteiger partial charge in [0.2, 0.25) is 5.88 Å². The van der Waals surface area contributed by atoms with Crippen LogP contribution in [0.4, 0.5) is 15.9 Å². The van der Waals surface area contributed by atoms with Crippen LogP contribution in [0.15, 0.2) is 46.3 Å². The van der Waals surface area contributed by atoms with E-state index in [4.69, 9.17) is 0 Å². The minimum atomic E-state index is -0.518. The van der Waals surface area contributed by atoms with Gasteiger partial charge in [0.15, 0.2) is 11.1 Å². The van der Waals surface area contributed by atoms with Gasteiger partial charge in [0, 0.05) is 17.0 Å². The molecule has 1 aliphatic carbocycles. The number of hydrogen-bond donors (Lipinski definition) is 4. The van der Waals surface area contributed by atoms with Gasteiger partial charge in [0.05, 0.1) is 12.2 Å². The maximum Gasteiger partial charge on any atom is 0.326 e. The second-order valence-corrected chi connectivity index (χ2v) is 6.82. The summed E-state index contributed by atoms with van der Waals surface area (Å²) in [7, 11) is 0. The third-order valence-corrected chi connectivity index (χ3v) is 4.47. The summed E-state index contributed by atoms with van der Waals surface area (Å²) < 4.78 is 15.1. The van der Waals surface area contributed by atoms with E-state index in [0.717, 1.165) is 12.8 Å². The third kappa shape index (κ3) is 3.47. The monoisotopic (exact) mass is 393 g/mol. The molecule has 1 saturated carbocycles. The number of aromatic amines is 2. The first-order valence-corrected chi connectivity index (χ1v) is 9.03.